The Morgan fingerprint density at radius 2 is 1.04 bits per heavy atom. The van der Waals surface area contributed by atoms with E-state index in [-0.39, 0.29) is 16.2 Å². The molecule has 5 aromatic rings. The van der Waals surface area contributed by atoms with Gasteiger partial charge in [-0.1, -0.05) is 54.1 Å². The Morgan fingerprint density at radius 1 is 0.562 bits per heavy atom. The minimum atomic E-state index is -4.71. The molecule has 0 saturated carbocycles. The van der Waals surface area contributed by atoms with Crippen molar-refractivity contribution in [3.8, 4) is 5.75 Å². The third-order valence-electron chi connectivity index (χ3n) is 8.45. The third kappa shape index (κ3) is 7.24. The van der Waals surface area contributed by atoms with Crippen LogP contribution < -0.4 is 10.6 Å². The summed E-state index contributed by atoms with van der Waals surface area (Å²) >= 11 is 0. The van der Waals surface area contributed by atoms with E-state index in [4.69, 9.17) is 0 Å². The van der Waals surface area contributed by atoms with Gasteiger partial charge in [0.25, 0.3) is 20.2 Å². The summed E-state index contributed by atoms with van der Waals surface area (Å²) in [4.78, 5) is -0.561. The van der Waals surface area contributed by atoms with Crippen LogP contribution >= 0.6 is 0 Å². The van der Waals surface area contributed by atoms with Gasteiger partial charge in [0.1, 0.15) is 15.5 Å². The van der Waals surface area contributed by atoms with E-state index in [1.807, 2.05) is 45.0 Å². The molecule has 0 aliphatic rings. The minimum Gasteiger partial charge on any atom is -0.508 e. The maximum Gasteiger partial charge on any atom is 0.295 e. The zero-order valence-electron chi connectivity index (χ0n) is 27.5. The van der Waals surface area contributed by atoms with Crippen LogP contribution in [0.2, 0.25) is 0 Å². The second kappa shape index (κ2) is 13.1. The van der Waals surface area contributed by atoms with Gasteiger partial charge < -0.3 is 15.7 Å². The van der Waals surface area contributed by atoms with E-state index in [0.29, 0.717) is 28.1 Å². The lowest BCUT2D eigenvalue weighted by Crippen LogP contribution is -2.11. The first-order valence-electron chi connectivity index (χ1n) is 15.1. The van der Waals surface area contributed by atoms with Crippen molar-refractivity contribution in [2.75, 3.05) is 10.6 Å². The van der Waals surface area contributed by atoms with E-state index in [1.165, 1.54) is 17.7 Å². The van der Waals surface area contributed by atoms with E-state index >= 15 is 0 Å². The summed E-state index contributed by atoms with van der Waals surface area (Å²) < 4.78 is 69.2. The van der Waals surface area contributed by atoms with E-state index in [0.717, 1.165) is 39.7 Å². The number of aryl methyl sites for hydroxylation is 5. The average Bonchev–Trinajstić information content (AvgIpc) is 2.98. The van der Waals surface area contributed by atoms with Crippen molar-refractivity contribution in [3.63, 3.8) is 0 Å². The van der Waals surface area contributed by atoms with Gasteiger partial charge in [-0.3, -0.25) is 9.11 Å². The molecule has 5 rings (SSSR count). The fourth-order valence-corrected chi connectivity index (χ4v) is 8.19. The Hall–Kier alpha value is -4.68. The smallest absolute Gasteiger partial charge is 0.295 e. The highest BCUT2D eigenvalue weighted by atomic mass is 32.2. The fraction of sp³-hybridized carbons (Fsp3) is 0.189. The van der Waals surface area contributed by atoms with Gasteiger partial charge >= 0.3 is 0 Å². The molecular weight excluding hydrogens is 649 g/mol. The highest BCUT2D eigenvalue weighted by Crippen LogP contribution is 2.39. The molecule has 1 atom stereocenters. The number of nitrogens with one attached hydrogen (secondary N) is 2. The number of phenolic OH excluding ortho intramolecular Hbond substituents is 1. The molecule has 250 valence electrons. The second-order valence-electron chi connectivity index (χ2n) is 12.2. The molecule has 0 aliphatic carbocycles. The van der Waals surface area contributed by atoms with Gasteiger partial charge in [0.2, 0.25) is 0 Å². The van der Waals surface area contributed by atoms with Crippen molar-refractivity contribution in [2.45, 2.75) is 57.3 Å². The van der Waals surface area contributed by atoms with Gasteiger partial charge in [-0.15, -0.1) is 0 Å². The molecule has 0 spiro atoms. The highest BCUT2D eigenvalue weighted by Gasteiger charge is 2.26. The second-order valence-corrected chi connectivity index (χ2v) is 15.0. The lowest BCUT2D eigenvalue weighted by atomic mass is 9.85. The first-order chi connectivity index (χ1) is 22.4. The Bertz CT molecular complexity index is 2220. The molecule has 0 radical (unpaired) electrons. The van der Waals surface area contributed by atoms with E-state index < -0.39 is 31.0 Å². The lowest BCUT2D eigenvalue weighted by molar-refractivity contribution is 0.465. The molecule has 0 heterocycles. The average molecular weight is 687 g/mol. The number of aromatic hydroxyl groups is 1. The number of phenols is 1. The van der Waals surface area contributed by atoms with Crippen molar-refractivity contribution in [2.24, 2.45) is 0 Å². The Morgan fingerprint density at radius 3 is 1.52 bits per heavy atom. The topological polar surface area (TPSA) is 153 Å². The summed E-state index contributed by atoms with van der Waals surface area (Å²) in [5, 5.41) is 16.9. The first kappa shape index (κ1) is 34.6. The fourth-order valence-electron chi connectivity index (χ4n) is 6.48. The van der Waals surface area contributed by atoms with Crippen LogP contribution in [0.4, 0.5) is 22.7 Å². The SMILES string of the molecule is Cc1cc(C)c(Nc2ccc(C(c3ccc(Nc4c(C)cc(C)c(S(=O)(=O)O)c4C)cc3)c3ccc(O)cc3S(=O)(=O)O)cc2)c(C)c1. The lowest BCUT2D eigenvalue weighted by Gasteiger charge is -2.23. The molecule has 0 aliphatic heterocycles. The van der Waals surface area contributed by atoms with Gasteiger partial charge in [0.05, 0.1) is 0 Å². The van der Waals surface area contributed by atoms with Crippen LogP contribution in [0.25, 0.3) is 0 Å². The predicted molar refractivity (Wildman–Crippen MR) is 189 cm³/mol. The van der Waals surface area contributed by atoms with Crippen molar-refractivity contribution < 1.29 is 31.0 Å². The zero-order valence-corrected chi connectivity index (χ0v) is 29.1. The first-order valence-corrected chi connectivity index (χ1v) is 18.0. The molecule has 0 fully saturated rings. The van der Waals surface area contributed by atoms with Crippen molar-refractivity contribution >= 4 is 43.0 Å². The molecule has 48 heavy (non-hydrogen) atoms. The molecule has 0 aromatic heterocycles. The predicted octanol–water partition coefficient (Wildman–Crippen LogP) is 8.40. The standard InChI is InChI=1S/C37H38N2O7S2/c1-21-17-22(2)35(23(3)18-21)38-29-11-7-27(8-12-29)34(32-16-15-31(40)20-33(32)47(41,42)43)28-9-13-30(14-10-28)39-36-24(4)19-25(5)37(26(36)6)48(44,45)46/h7-20,34,38-40H,1-6H3,(H,41,42,43)(H,44,45,46). The number of rotatable bonds is 9. The third-order valence-corrected chi connectivity index (χ3v) is 10.5. The van der Waals surface area contributed by atoms with Crippen LogP contribution in [0.15, 0.2) is 94.7 Å². The summed E-state index contributed by atoms with van der Waals surface area (Å²) in [6.45, 7) is 11.2. The number of anilines is 4. The van der Waals surface area contributed by atoms with Gasteiger partial charge in [-0.05, 0) is 116 Å². The molecule has 0 amide bonds. The van der Waals surface area contributed by atoms with E-state index in [1.54, 1.807) is 44.2 Å². The van der Waals surface area contributed by atoms with Gasteiger partial charge in [0, 0.05) is 34.7 Å². The molecular formula is C37H38N2O7S2. The molecule has 1 unspecified atom stereocenters. The van der Waals surface area contributed by atoms with Crippen LogP contribution in [-0.4, -0.2) is 31.0 Å². The van der Waals surface area contributed by atoms with Crippen molar-refractivity contribution in [3.05, 3.63) is 135 Å². The zero-order chi connectivity index (χ0) is 35.1. The van der Waals surface area contributed by atoms with Crippen LogP contribution in [-0.2, 0) is 20.2 Å². The van der Waals surface area contributed by atoms with Crippen molar-refractivity contribution in [1.82, 2.24) is 0 Å². The molecule has 9 nitrogen and oxygen atoms in total. The molecule has 11 heteroatoms. The highest BCUT2D eigenvalue weighted by molar-refractivity contribution is 7.86. The van der Waals surface area contributed by atoms with Crippen LogP contribution in [0, 0.1) is 41.5 Å². The van der Waals surface area contributed by atoms with E-state index in [2.05, 4.69) is 29.7 Å². The Balaban J connectivity index is 1.57. The van der Waals surface area contributed by atoms with Gasteiger partial charge in [-0.2, -0.15) is 16.8 Å². The summed E-state index contributed by atoms with van der Waals surface area (Å²) in [7, 11) is -9.16. The molecule has 5 N–H and O–H groups in total. The van der Waals surface area contributed by atoms with Gasteiger partial charge in [-0.25, -0.2) is 0 Å². The normalized spacial score (nSPS) is 12.5. The quantitative estimate of drug-likeness (QED) is 0.0760. The monoisotopic (exact) mass is 686 g/mol. The maximum atomic E-state index is 12.5. The maximum absolute atomic E-state index is 12.5. The van der Waals surface area contributed by atoms with Crippen molar-refractivity contribution in [1.29, 1.82) is 0 Å². The molecule has 0 saturated heterocycles. The Labute approximate surface area is 281 Å². The molecule has 0 bridgehead atoms. The largest absolute Gasteiger partial charge is 0.508 e. The van der Waals surface area contributed by atoms with Crippen LogP contribution in [0.3, 0.4) is 0 Å². The summed E-state index contributed by atoms with van der Waals surface area (Å²) in [6.07, 6.45) is 0. The molecule has 5 aromatic carbocycles. The van der Waals surface area contributed by atoms with Gasteiger partial charge in [0.15, 0.2) is 0 Å². The summed E-state index contributed by atoms with van der Waals surface area (Å²) in [5.41, 5.74) is 9.67. The number of hydrogen-bond acceptors (Lipinski definition) is 7. The van der Waals surface area contributed by atoms with Crippen LogP contribution in [0.5, 0.6) is 5.75 Å². The van der Waals surface area contributed by atoms with E-state index in [9.17, 15) is 31.0 Å². The minimum absolute atomic E-state index is 0.150. The number of hydrogen-bond donors (Lipinski definition) is 5. The van der Waals surface area contributed by atoms with Crippen LogP contribution in [0.1, 0.15) is 56.0 Å². The summed E-state index contributed by atoms with van der Waals surface area (Å²) in [6, 6.07) is 24.5. The number of benzene rings is 5. The Kier molecular flexibility index (Phi) is 9.44. The summed E-state index contributed by atoms with van der Waals surface area (Å²) in [5.74, 6) is -0.969.